The van der Waals surface area contributed by atoms with Crippen LogP contribution in [-0.2, 0) is 6.54 Å². The lowest BCUT2D eigenvalue weighted by molar-refractivity contribution is 0.461. The van der Waals surface area contributed by atoms with Crippen molar-refractivity contribution in [2.45, 2.75) is 44.7 Å². The molecular weight excluding hydrogens is 414 g/mol. The molecule has 2 aromatic heterocycles. The van der Waals surface area contributed by atoms with Crippen LogP contribution in [0, 0.1) is 0 Å². The molecule has 2 N–H and O–H groups in total. The van der Waals surface area contributed by atoms with Crippen LogP contribution >= 0.6 is 15.9 Å². The summed E-state index contributed by atoms with van der Waals surface area (Å²) < 4.78 is 1.07. The van der Waals surface area contributed by atoms with Gasteiger partial charge in [-0.05, 0) is 42.7 Å². The maximum absolute atomic E-state index is 4.76. The van der Waals surface area contributed by atoms with Crippen molar-refractivity contribution in [1.29, 1.82) is 0 Å². The van der Waals surface area contributed by atoms with Gasteiger partial charge in [0.2, 0.25) is 5.95 Å². The third-order valence-electron chi connectivity index (χ3n) is 4.98. The number of hydrogen-bond donors (Lipinski definition) is 2. The number of anilines is 2. The standard InChI is InChI=1S/C22H24BrN5/c23-18-8-4-6-16(12-18)14-25-21-13-20(17-7-5-11-24-15-17)27-22(28-21)26-19-9-2-1-3-10-19/h4-8,11-13,15,19H,1-3,9-10,14H2,(H2,25,26,27,28). The molecule has 0 aliphatic heterocycles. The molecule has 3 aromatic rings. The minimum Gasteiger partial charge on any atom is -0.366 e. The van der Waals surface area contributed by atoms with E-state index < -0.39 is 0 Å². The van der Waals surface area contributed by atoms with Crippen molar-refractivity contribution in [1.82, 2.24) is 15.0 Å². The van der Waals surface area contributed by atoms with Gasteiger partial charge in [-0.15, -0.1) is 0 Å². The van der Waals surface area contributed by atoms with Crippen molar-refractivity contribution in [2.24, 2.45) is 0 Å². The molecule has 0 saturated heterocycles. The summed E-state index contributed by atoms with van der Waals surface area (Å²) in [6.07, 6.45) is 9.85. The van der Waals surface area contributed by atoms with E-state index in [1.54, 1.807) is 6.20 Å². The maximum atomic E-state index is 4.76. The van der Waals surface area contributed by atoms with Crippen LogP contribution in [0.25, 0.3) is 11.3 Å². The minimum atomic E-state index is 0.454. The molecule has 1 aliphatic rings. The SMILES string of the molecule is Brc1cccc(CNc2cc(-c3cccnc3)nc(NC3CCCCC3)n2)c1. The van der Waals surface area contributed by atoms with E-state index in [2.05, 4.69) is 43.7 Å². The predicted molar refractivity (Wildman–Crippen MR) is 117 cm³/mol. The van der Waals surface area contributed by atoms with Crippen LogP contribution in [0.5, 0.6) is 0 Å². The topological polar surface area (TPSA) is 62.7 Å². The molecule has 0 amide bonds. The largest absolute Gasteiger partial charge is 0.366 e. The summed E-state index contributed by atoms with van der Waals surface area (Å²) in [6.45, 7) is 0.700. The first-order valence-electron chi connectivity index (χ1n) is 9.80. The molecule has 1 saturated carbocycles. The Morgan fingerprint density at radius 1 is 1.00 bits per heavy atom. The number of aromatic nitrogens is 3. The molecule has 1 fully saturated rings. The van der Waals surface area contributed by atoms with Crippen molar-refractivity contribution in [3.63, 3.8) is 0 Å². The molecule has 144 valence electrons. The van der Waals surface area contributed by atoms with Crippen molar-refractivity contribution in [2.75, 3.05) is 10.6 Å². The molecule has 1 aromatic carbocycles. The summed E-state index contributed by atoms with van der Waals surface area (Å²) in [6, 6.07) is 14.7. The Labute approximate surface area is 174 Å². The average Bonchev–Trinajstić information content (AvgIpc) is 2.74. The van der Waals surface area contributed by atoms with Crippen LogP contribution in [0.4, 0.5) is 11.8 Å². The van der Waals surface area contributed by atoms with Gasteiger partial charge in [0.25, 0.3) is 0 Å². The molecule has 1 aliphatic carbocycles. The number of rotatable bonds is 6. The van der Waals surface area contributed by atoms with Gasteiger partial charge in [-0.3, -0.25) is 4.98 Å². The van der Waals surface area contributed by atoms with Crippen molar-refractivity contribution in [3.05, 3.63) is 64.9 Å². The van der Waals surface area contributed by atoms with Crippen LogP contribution in [0.2, 0.25) is 0 Å². The first-order valence-corrected chi connectivity index (χ1v) is 10.6. The van der Waals surface area contributed by atoms with Gasteiger partial charge in [0.05, 0.1) is 5.69 Å². The van der Waals surface area contributed by atoms with Crippen molar-refractivity contribution >= 4 is 27.7 Å². The quantitative estimate of drug-likeness (QED) is 0.520. The van der Waals surface area contributed by atoms with E-state index in [0.29, 0.717) is 18.5 Å². The Morgan fingerprint density at radius 2 is 1.89 bits per heavy atom. The molecule has 5 nitrogen and oxygen atoms in total. The molecule has 4 rings (SSSR count). The molecule has 28 heavy (non-hydrogen) atoms. The van der Waals surface area contributed by atoms with E-state index in [1.807, 2.05) is 36.5 Å². The van der Waals surface area contributed by atoms with Crippen LogP contribution in [-0.4, -0.2) is 21.0 Å². The molecule has 0 radical (unpaired) electrons. The number of pyridine rings is 1. The minimum absolute atomic E-state index is 0.454. The Kier molecular flexibility index (Phi) is 6.17. The second-order valence-corrected chi connectivity index (χ2v) is 8.08. The van der Waals surface area contributed by atoms with Crippen LogP contribution in [0.3, 0.4) is 0 Å². The summed E-state index contributed by atoms with van der Waals surface area (Å²) >= 11 is 3.53. The molecule has 6 heteroatoms. The number of nitrogens with zero attached hydrogens (tertiary/aromatic N) is 3. The van der Waals surface area contributed by atoms with Crippen molar-refractivity contribution in [3.8, 4) is 11.3 Å². The first kappa shape index (κ1) is 18.9. The number of benzene rings is 1. The smallest absolute Gasteiger partial charge is 0.225 e. The predicted octanol–water partition coefficient (Wildman–Crippen LogP) is 5.66. The van der Waals surface area contributed by atoms with E-state index in [0.717, 1.165) is 21.5 Å². The molecule has 0 unspecified atom stereocenters. The van der Waals surface area contributed by atoms with Gasteiger partial charge >= 0.3 is 0 Å². The average molecular weight is 438 g/mol. The van der Waals surface area contributed by atoms with Gasteiger partial charge in [0, 0.05) is 41.1 Å². The Hall–Kier alpha value is -2.47. The maximum Gasteiger partial charge on any atom is 0.225 e. The van der Waals surface area contributed by atoms with Gasteiger partial charge < -0.3 is 10.6 Å². The zero-order chi connectivity index (χ0) is 19.2. The number of halogens is 1. The fourth-order valence-corrected chi connectivity index (χ4v) is 3.98. The molecule has 0 atom stereocenters. The molecular formula is C22H24BrN5. The van der Waals surface area contributed by atoms with Gasteiger partial charge in [-0.25, -0.2) is 4.98 Å². The summed E-state index contributed by atoms with van der Waals surface area (Å²) in [5.41, 5.74) is 3.05. The highest BCUT2D eigenvalue weighted by Gasteiger charge is 2.15. The third kappa shape index (κ3) is 5.07. The van der Waals surface area contributed by atoms with Crippen LogP contribution < -0.4 is 10.6 Å². The highest BCUT2D eigenvalue weighted by atomic mass is 79.9. The first-order chi connectivity index (χ1) is 13.8. The second kappa shape index (κ2) is 9.15. The zero-order valence-electron chi connectivity index (χ0n) is 15.7. The summed E-state index contributed by atoms with van der Waals surface area (Å²) in [4.78, 5) is 13.7. The van der Waals surface area contributed by atoms with Crippen LogP contribution in [0.15, 0.2) is 59.3 Å². The number of hydrogen-bond acceptors (Lipinski definition) is 5. The van der Waals surface area contributed by atoms with Crippen molar-refractivity contribution < 1.29 is 0 Å². The van der Waals surface area contributed by atoms with Gasteiger partial charge in [-0.1, -0.05) is 47.3 Å². The lowest BCUT2D eigenvalue weighted by atomic mass is 9.96. The van der Waals surface area contributed by atoms with E-state index in [4.69, 9.17) is 9.97 Å². The van der Waals surface area contributed by atoms with E-state index >= 15 is 0 Å². The third-order valence-corrected chi connectivity index (χ3v) is 5.48. The lowest BCUT2D eigenvalue weighted by Crippen LogP contribution is -2.23. The van der Waals surface area contributed by atoms with E-state index in [1.165, 1.54) is 37.7 Å². The molecule has 0 spiro atoms. The highest BCUT2D eigenvalue weighted by Crippen LogP contribution is 2.24. The summed E-state index contributed by atoms with van der Waals surface area (Å²) in [5, 5.41) is 6.99. The Balaban J connectivity index is 1.57. The summed E-state index contributed by atoms with van der Waals surface area (Å²) in [5.74, 6) is 1.50. The zero-order valence-corrected chi connectivity index (χ0v) is 17.3. The monoisotopic (exact) mass is 437 g/mol. The van der Waals surface area contributed by atoms with Crippen LogP contribution in [0.1, 0.15) is 37.7 Å². The fraction of sp³-hybridized carbons (Fsp3) is 0.318. The highest BCUT2D eigenvalue weighted by molar-refractivity contribution is 9.10. The molecule has 0 bridgehead atoms. The summed E-state index contributed by atoms with van der Waals surface area (Å²) in [7, 11) is 0. The fourth-order valence-electron chi connectivity index (χ4n) is 3.53. The molecule has 2 heterocycles. The van der Waals surface area contributed by atoms with Gasteiger partial charge in [-0.2, -0.15) is 4.98 Å². The second-order valence-electron chi connectivity index (χ2n) is 7.17. The van der Waals surface area contributed by atoms with Gasteiger partial charge in [0.15, 0.2) is 0 Å². The normalized spacial score (nSPS) is 14.6. The Bertz CT molecular complexity index is 910. The lowest BCUT2D eigenvalue weighted by Gasteiger charge is -2.23. The van der Waals surface area contributed by atoms with Gasteiger partial charge in [0.1, 0.15) is 5.82 Å². The Morgan fingerprint density at radius 3 is 2.68 bits per heavy atom. The van der Waals surface area contributed by atoms with E-state index in [-0.39, 0.29) is 0 Å². The van der Waals surface area contributed by atoms with E-state index in [9.17, 15) is 0 Å². The number of nitrogens with one attached hydrogen (secondary N) is 2.